The van der Waals surface area contributed by atoms with Gasteiger partial charge < -0.3 is 14.8 Å². The minimum Gasteiger partial charge on any atom is -0.493 e. The quantitative estimate of drug-likeness (QED) is 0.835. The molecule has 1 atom stereocenters. The predicted molar refractivity (Wildman–Crippen MR) is 76.2 cm³/mol. The number of H-pyrrole nitrogens is 1. The average Bonchev–Trinajstić information content (AvgIpc) is 3.01. The Balaban J connectivity index is 1.99. The zero-order chi connectivity index (χ0) is 15.2. The molecule has 0 aliphatic carbocycles. The maximum Gasteiger partial charge on any atom is 0.225 e. The Morgan fingerprint density at radius 3 is 2.71 bits per heavy atom. The molecule has 7 heteroatoms. The first-order valence-corrected chi connectivity index (χ1v) is 6.49. The van der Waals surface area contributed by atoms with Gasteiger partial charge in [0.25, 0.3) is 0 Å². The SMILES string of the molecule is COc1ccc(CC(=O)NC(C)c2ncn[nH]2)cc1OC. The van der Waals surface area contributed by atoms with Crippen LogP contribution in [0.1, 0.15) is 24.4 Å². The average molecular weight is 290 g/mol. The molecule has 21 heavy (non-hydrogen) atoms. The Hall–Kier alpha value is -2.57. The minimum absolute atomic E-state index is 0.105. The van der Waals surface area contributed by atoms with Crippen LogP contribution in [0, 0.1) is 0 Å². The van der Waals surface area contributed by atoms with E-state index in [0.29, 0.717) is 17.3 Å². The molecule has 2 rings (SSSR count). The third-order valence-electron chi connectivity index (χ3n) is 3.03. The van der Waals surface area contributed by atoms with E-state index < -0.39 is 0 Å². The zero-order valence-electron chi connectivity index (χ0n) is 12.2. The van der Waals surface area contributed by atoms with Crippen LogP contribution >= 0.6 is 0 Å². The lowest BCUT2D eigenvalue weighted by Gasteiger charge is -2.12. The number of hydrogen-bond donors (Lipinski definition) is 2. The summed E-state index contributed by atoms with van der Waals surface area (Å²) < 4.78 is 10.4. The molecule has 0 fully saturated rings. The van der Waals surface area contributed by atoms with Gasteiger partial charge in [-0.1, -0.05) is 6.07 Å². The Kier molecular flexibility index (Phi) is 4.76. The molecule has 0 saturated heterocycles. The van der Waals surface area contributed by atoms with Crippen LogP contribution in [0.25, 0.3) is 0 Å². The predicted octanol–water partition coefficient (Wildman–Crippen LogP) is 1.24. The third kappa shape index (κ3) is 3.71. The molecular weight excluding hydrogens is 272 g/mol. The summed E-state index contributed by atoms with van der Waals surface area (Å²) in [5, 5.41) is 9.34. The molecule has 112 valence electrons. The van der Waals surface area contributed by atoms with Crippen molar-refractivity contribution in [1.29, 1.82) is 0 Å². The number of carbonyl (C=O) groups excluding carboxylic acids is 1. The number of nitrogens with zero attached hydrogens (tertiary/aromatic N) is 2. The third-order valence-corrected chi connectivity index (χ3v) is 3.03. The molecule has 0 radical (unpaired) electrons. The van der Waals surface area contributed by atoms with Crippen molar-refractivity contribution in [3.63, 3.8) is 0 Å². The van der Waals surface area contributed by atoms with Gasteiger partial charge in [-0.3, -0.25) is 9.89 Å². The summed E-state index contributed by atoms with van der Waals surface area (Å²) in [5.41, 5.74) is 0.843. The first-order valence-electron chi connectivity index (χ1n) is 6.49. The molecule has 1 aromatic heterocycles. The van der Waals surface area contributed by atoms with E-state index in [1.165, 1.54) is 6.33 Å². The molecule has 1 amide bonds. The van der Waals surface area contributed by atoms with Gasteiger partial charge in [-0.15, -0.1) is 0 Å². The van der Waals surface area contributed by atoms with Crippen LogP contribution in [0.5, 0.6) is 11.5 Å². The monoisotopic (exact) mass is 290 g/mol. The maximum atomic E-state index is 12.0. The number of amides is 1. The summed E-state index contributed by atoms with van der Waals surface area (Å²) in [6.45, 7) is 1.84. The highest BCUT2D eigenvalue weighted by molar-refractivity contribution is 5.79. The smallest absolute Gasteiger partial charge is 0.225 e. The van der Waals surface area contributed by atoms with Gasteiger partial charge in [-0.25, -0.2) is 4.98 Å². The number of ether oxygens (including phenoxy) is 2. The molecule has 0 bridgehead atoms. The largest absolute Gasteiger partial charge is 0.493 e. The van der Waals surface area contributed by atoms with Crippen LogP contribution in [-0.2, 0) is 11.2 Å². The van der Waals surface area contributed by atoms with Crippen molar-refractivity contribution in [2.24, 2.45) is 0 Å². The first-order chi connectivity index (χ1) is 10.1. The molecular formula is C14H18N4O3. The fourth-order valence-electron chi connectivity index (χ4n) is 1.96. The van der Waals surface area contributed by atoms with E-state index in [0.717, 1.165) is 5.56 Å². The summed E-state index contributed by atoms with van der Waals surface area (Å²) in [4.78, 5) is 16.0. The van der Waals surface area contributed by atoms with E-state index in [2.05, 4.69) is 20.5 Å². The molecule has 1 aromatic carbocycles. The summed E-state index contributed by atoms with van der Waals surface area (Å²) in [5.74, 6) is 1.75. The summed E-state index contributed by atoms with van der Waals surface area (Å²) in [6.07, 6.45) is 1.66. The van der Waals surface area contributed by atoms with Gasteiger partial charge in [0.05, 0.1) is 26.7 Å². The van der Waals surface area contributed by atoms with E-state index >= 15 is 0 Å². The van der Waals surface area contributed by atoms with E-state index in [-0.39, 0.29) is 18.4 Å². The second kappa shape index (κ2) is 6.74. The number of hydrogen-bond acceptors (Lipinski definition) is 5. The van der Waals surface area contributed by atoms with Crippen LogP contribution < -0.4 is 14.8 Å². The number of carbonyl (C=O) groups is 1. The number of methoxy groups -OCH3 is 2. The first kappa shape index (κ1) is 14.8. The molecule has 7 nitrogen and oxygen atoms in total. The van der Waals surface area contributed by atoms with Gasteiger partial charge in [0.15, 0.2) is 11.5 Å². The van der Waals surface area contributed by atoms with Crippen molar-refractivity contribution < 1.29 is 14.3 Å². The molecule has 0 saturated carbocycles. The highest BCUT2D eigenvalue weighted by atomic mass is 16.5. The maximum absolute atomic E-state index is 12.0. The second-order valence-corrected chi connectivity index (χ2v) is 4.53. The van der Waals surface area contributed by atoms with Gasteiger partial charge in [-0.05, 0) is 24.6 Å². The van der Waals surface area contributed by atoms with Gasteiger partial charge in [0.1, 0.15) is 12.2 Å². The van der Waals surface area contributed by atoms with Crippen molar-refractivity contribution in [3.8, 4) is 11.5 Å². The molecule has 1 heterocycles. The second-order valence-electron chi connectivity index (χ2n) is 4.53. The number of aromatic nitrogens is 3. The van der Waals surface area contributed by atoms with Crippen LogP contribution in [0.15, 0.2) is 24.5 Å². The van der Waals surface area contributed by atoms with Gasteiger partial charge >= 0.3 is 0 Å². The van der Waals surface area contributed by atoms with Crippen molar-refractivity contribution in [2.45, 2.75) is 19.4 Å². The van der Waals surface area contributed by atoms with Crippen molar-refractivity contribution in [3.05, 3.63) is 35.9 Å². The summed E-state index contributed by atoms with van der Waals surface area (Å²) >= 11 is 0. The Labute approximate surface area is 122 Å². The van der Waals surface area contributed by atoms with E-state index in [1.54, 1.807) is 26.4 Å². The van der Waals surface area contributed by atoms with Gasteiger partial charge in [0.2, 0.25) is 5.91 Å². The van der Waals surface area contributed by atoms with Crippen LogP contribution in [0.2, 0.25) is 0 Å². The number of aromatic amines is 1. The van der Waals surface area contributed by atoms with Crippen molar-refractivity contribution in [1.82, 2.24) is 20.5 Å². The van der Waals surface area contributed by atoms with Crippen molar-refractivity contribution in [2.75, 3.05) is 14.2 Å². The standard InChI is InChI=1S/C14H18N4O3/c1-9(14-15-8-16-18-14)17-13(19)7-10-4-5-11(20-2)12(6-10)21-3/h4-6,8-9H,7H2,1-3H3,(H,17,19)(H,15,16,18). The minimum atomic E-state index is -0.222. The number of benzene rings is 1. The molecule has 0 aliphatic heterocycles. The molecule has 2 N–H and O–H groups in total. The lowest BCUT2D eigenvalue weighted by atomic mass is 10.1. The Morgan fingerprint density at radius 2 is 2.10 bits per heavy atom. The van der Waals surface area contributed by atoms with E-state index in [9.17, 15) is 4.79 Å². The normalized spacial score (nSPS) is 11.8. The van der Waals surface area contributed by atoms with Crippen LogP contribution in [0.3, 0.4) is 0 Å². The van der Waals surface area contributed by atoms with Gasteiger partial charge in [-0.2, -0.15) is 5.10 Å². The fourth-order valence-corrected chi connectivity index (χ4v) is 1.96. The molecule has 0 spiro atoms. The zero-order valence-corrected chi connectivity index (χ0v) is 12.2. The Morgan fingerprint density at radius 1 is 1.33 bits per heavy atom. The van der Waals surface area contributed by atoms with Crippen LogP contribution in [-0.4, -0.2) is 35.3 Å². The highest BCUT2D eigenvalue weighted by Gasteiger charge is 2.13. The molecule has 0 aliphatic rings. The lowest BCUT2D eigenvalue weighted by molar-refractivity contribution is -0.121. The topological polar surface area (TPSA) is 89.1 Å². The molecule has 1 unspecified atom stereocenters. The number of nitrogens with one attached hydrogen (secondary N) is 2. The lowest BCUT2D eigenvalue weighted by Crippen LogP contribution is -2.28. The van der Waals surface area contributed by atoms with E-state index in [1.807, 2.05) is 13.0 Å². The van der Waals surface area contributed by atoms with E-state index in [4.69, 9.17) is 9.47 Å². The Bertz CT molecular complexity index is 598. The highest BCUT2D eigenvalue weighted by Crippen LogP contribution is 2.27. The molecule has 2 aromatic rings. The summed E-state index contributed by atoms with van der Waals surface area (Å²) in [7, 11) is 3.14. The number of rotatable bonds is 6. The summed E-state index contributed by atoms with van der Waals surface area (Å²) in [6, 6.07) is 5.18. The van der Waals surface area contributed by atoms with Crippen LogP contribution in [0.4, 0.5) is 0 Å². The van der Waals surface area contributed by atoms with Crippen molar-refractivity contribution >= 4 is 5.91 Å². The fraction of sp³-hybridized carbons (Fsp3) is 0.357. The van der Waals surface area contributed by atoms with Gasteiger partial charge in [0, 0.05) is 0 Å².